The predicted molar refractivity (Wildman–Crippen MR) is 133 cm³/mol. The highest BCUT2D eigenvalue weighted by atomic mass is 32.2. The van der Waals surface area contributed by atoms with Gasteiger partial charge in [-0.1, -0.05) is 26.2 Å². The van der Waals surface area contributed by atoms with Gasteiger partial charge in [0.25, 0.3) is 0 Å². The lowest BCUT2D eigenvalue weighted by Crippen LogP contribution is -2.53. The van der Waals surface area contributed by atoms with Crippen LogP contribution >= 0.6 is 0 Å². The Labute approximate surface area is 206 Å². The Bertz CT molecular complexity index is 1210. The van der Waals surface area contributed by atoms with Crippen molar-refractivity contribution in [3.05, 3.63) is 28.7 Å². The van der Waals surface area contributed by atoms with Crippen molar-refractivity contribution in [2.24, 2.45) is 5.92 Å². The van der Waals surface area contributed by atoms with Gasteiger partial charge in [-0.15, -0.1) is 0 Å². The minimum Gasteiger partial charge on any atom is -0.408 e. The fourth-order valence-electron chi connectivity index (χ4n) is 5.75. The first-order chi connectivity index (χ1) is 16.8. The molecule has 5 rings (SSSR count). The van der Waals surface area contributed by atoms with Crippen LogP contribution in [-0.2, 0) is 21.4 Å². The van der Waals surface area contributed by atoms with E-state index in [9.17, 15) is 18.0 Å². The molecule has 2 saturated heterocycles. The van der Waals surface area contributed by atoms with E-state index in [0.29, 0.717) is 43.7 Å². The molecule has 0 bridgehead atoms. The maximum Gasteiger partial charge on any atom is 0.420 e. The SMILES string of the molecule is CC1CCN(S(=O)(=O)c2ccc3c(c2)oc(=O)n3CC(=O)N2CCN(C3CCCCC3)CC2)CC1. The third-order valence-corrected chi connectivity index (χ3v) is 9.97. The molecule has 3 fully saturated rings. The number of carbonyl (C=O) groups is 1. The van der Waals surface area contributed by atoms with Crippen molar-refractivity contribution in [3.63, 3.8) is 0 Å². The Balaban J connectivity index is 1.27. The number of amides is 1. The monoisotopic (exact) mass is 504 g/mol. The van der Waals surface area contributed by atoms with E-state index in [1.165, 1.54) is 53.1 Å². The van der Waals surface area contributed by atoms with Crippen LogP contribution in [0.1, 0.15) is 51.9 Å². The van der Waals surface area contributed by atoms with E-state index in [4.69, 9.17) is 4.42 Å². The number of carbonyl (C=O) groups excluding carboxylic acids is 1. The molecule has 1 aromatic carbocycles. The van der Waals surface area contributed by atoms with Crippen molar-refractivity contribution >= 4 is 27.0 Å². The molecule has 1 saturated carbocycles. The fraction of sp³-hybridized carbons (Fsp3) is 0.680. The molecule has 35 heavy (non-hydrogen) atoms. The number of hydrogen-bond acceptors (Lipinski definition) is 6. The summed E-state index contributed by atoms with van der Waals surface area (Å²) in [6, 6.07) is 5.14. The van der Waals surface area contributed by atoms with Gasteiger partial charge in [0.15, 0.2) is 5.58 Å². The second-order valence-corrected chi connectivity index (χ2v) is 12.3. The van der Waals surface area contributed by atoms with Crippen LogP contribution in [0.25, 0.3) is 11.1 Å². The molecule has 0 radical (unpaired) electrons. The van der Waals surface area contributed by atoms with Crippen molar-refractivity contribution in [3.8, 4) is 0 Å². The van der Waals surface area contributed by atoms with Gasteiger partial charge < -0.3 is 9.32 Å². The third-order valence-electron chi connectivity index (χ3n) is 8.07. The molecule has 0 N–H and O–H groups in total. The standard InChI is InChI=1S/C25H36N4O5S/c1-19-9-11-28(12-10-19)35(32,33)21-7-8-22-23(17-21)34-25(31)29(22)18-24(30)27-15-13-26(14-16-27)20-5-3-2-4-6-20/h7-8,17,19-20H,2-6,9-16,18H2,1H3. The largest absolute Gasteiger partial charge is 0.420 e. The molecule has 3 aliphatic rings. The Morgan fingerprint density at radius 2 is 1.66 bits per heavy atom. The maximum absolute atomic E-state index is 13.1. The second-order valence-electron chi connectivity index (χ2n) is 10.4. The van der Waals surface area contributed by atoms with Crippen LogP contribution in [0.15, 0.2) is 32.3 Å². The number of sulfonamides is 1. The zero-order valence-corrected chi connectivity index (χ0v) is 21.3. The molecular weight excluding hydrogens is 468 g/mol. The molecule has 0 unspecified atom stereocenters. The highest BCUT2D eigenvalue weighted by Gasteiger charge is 2.30. The smallest absolute Gasteiger partial charge is 0.408 e. The molecule has 10 heteroatoms. The number of rotatable bonds is 5. The van der Waals surface area contributed by atoms with Crippen LogP contribution in [0, 0.1) is 5.92 Å². The Hall–Kier alpha value is -2.17. The summed E-state index contributed by atoms with van der Waals surface area (Å²) in [6.07, 6.45) is 8.08. The highest BCUT2D eigenvalue weighted by molar-refractivity contribution is 7.89. The molecule has 1 amide bonds. The molecule has 2 aliphatic heterocycles. The van der Waals surface area contributed by atoms with Gasteiger partial charge >= 0.3 is 5.76 Å². The quantitative estimate of drug-likeness (QED) is 0.621. The minimum atomic E-state index is -3.65. The van der Waals surface area contributed by atoms with E-state index in [1.54, 1.807) is 6.07 Å². The lowest BCUT2D eigenvalue weighted by Gasteiger charge is -2.40. The summed E-state index contributed by atoms with van der Waals surface area (Å²) < 4.78 is 34.4. The van der Waals surface area contributed by atoms with Crippen molar-refractivity contribution in [2.75, 3.05) is 39.3 Å². The van der Waals surface area contributed by atoms with Gasteiger partial charge in [-0.05, 0) is 43.7 Å². The molecule has 192 valence electrons. The molecule has 2 aromatic rings. The first kappa shape index (κ1) is 24.5. The second kappa shape index (κ2) is 10.1. The Morgan fingerprint density at radius 1 is 0.971 bits per heavy atom. The molecular formula is C25H36N4O5S. The molecule has 1 aromatic heterocycles. The number of piperazine rings is 1. The number of benzene rings is 1. The number of nitrogens with zero attached hydrogens (tertiary/aromatic N) is 4. The lowest BCUT2D eigenvalue weighted by molar-refractivity contribution is -0.134. The summed E-state index contributed by atoms with van der Waals surface area (Å²) in [5.41, 5.74) is 0.631. The third kappa shape index (κ3) is 5.06. The van der Waals surface area contributed by atoms with Gasteiger partial charge in [0.1, 0.15) is 6.54 Å². The Kier molecular flexibility index (Phi) is 7.05. The number of hydrogen-bond donors (Lipinski definition) is 0. The molecule has 9 nitrogen and oxygen atoms in total. The van der Waals surface area contributed by atoms with Crippen LogP contribution < -0.4 is 5.76 Å². The van der Waals surface area contributed by atoms with Crippen molar-refractivity contribution in [2.45, 2.75) is 69.4 Å². The van der Waals surface area contributed by atoms with E-state index in [-0.39, 0.29) is 22.9 Å². The zero-order chi connectivity index (χ0) is 24.6. The van der Waals surface area contributed by atoms with E-state index in [1.807, 2.05) is 4.90 Å². The van der Waals surface area contributed by atoms with Crippen LogP contribution in [-0.4, -0.2) is 78.3 Å². The van der Waals surface area contributed by atoms with Crippen LogP contribution in [0.5, 0.6) is 0 Å². The Morgan fingerprint density at radius 3 is 2.34 bits per heavy atom. The average molecular weight is 505 g/mol. The number of piperidine rings is 1. The zero-order valence-electron chi connectivity index (χ0n) is 20.5. The first-order valence-corrected chi connectivity index (χ1v) is 14.4. The van der Waals surface area contributed by atoms with Crippen LogP contribution in [0.3, 0.4) is 0 Å². The summed E-state index contributed by atoms with van der Waals surface area (Å²) in [7, 11) is -3.65. The molecule has 0 spiro atoms. The summed E-state index contributed by atoms with van der Waals surface area (Å²) in [4.78, 5) is 30.0. The normalized spacial score (nSPS) is 22.1. The van der Waals surface area contributed by atoms with Crippen molar-refractivity contribution in [1.82, 2.24) is 18.7 Å². The molecule has 1 aliphatic carbocycles. The summed E-state index contributed by atoms with van der Waals surface area (Å²) in [5, 5.41) is 0. The van der Waals surface area contributed by atoms with Gasteiger partial charge in [0.2, 0.25) is 15.9 Å². The summed E-state index contributed by atoms with van der Waals surface area (Å²) >= 11 is 0. The molecule has 0 atom stereocenters. The van der Waals surface area contributed by atoms with Crippen LogP contribution in [0.4, 0.5) is 0 Å². The van der Waals surface area contributed by atoms with E-state index < -0.39 is 15.8 Å². The number of oxazole rings is 1. The average Bonchev–Trinajstić information content (AvgIpc) is 3.19. The van der Waals surface area contributed by atoms with Gasteiger partial charge in [-0.3, -0.25) is 14.3 Å². The van der Waals surface area contributed by atoms with Crippen molar-refractivity contribution < 1.29 is 17.6 Å². The van der Waals surface area contributed by atoms with E-state index in [2.05, 4.69) is 11.8 Å². The predicted octanol–water partition coefficient (Wildman–Crippen LogP) is 2.49. The summed E-state index contributed by atoms with van der Waals surface area (Å²) in [5.74, 6) is -0.239. The van der Waals surface area contributed by atoms with Crippen LogP contribution in [0.2, 0.25) is 0 Å². The van der Waals surface area contributed by atoms with Gasteiger partial charge in [-0.25, -0.2) is 13.2 Å². The van der Waals surface area contributed by atoms with Crippen molar-refractivity contribution in [1.29, 1.82) is 0 Å². The van der Waals surface area contributed by atoms with Gasteiger partial charge in [0.05, 0.1) is 10.4 Å². The minimum absolute atomic E-state index is 0.106. The number of aromatic nitrogens is 1. The summed E-state index contributed by atoms with van der Waals surface area (Å²) in [6.45, 7) is 6.08. The lowest BCUT2D eigenvalue weighted by atomic mass is 9.94. The van der Waals surface area contributed by atoms with Gasteiger partial charge in [-0.2, -0.15) is 4.31 Å². The van der Waals surface area contributed by atoms with E-state index >= 15 is 0 Å². The fourth-order valence-corrected chi connectivity index (χ4v) is 7.23. The number of fused-ring (bicyclic) bond motifs is 1. The van der Waals surface area contributed by atoms with Gasteiger partial charge in [0, 0.05) is 51.4 Å². The maximum atomic E-state index is 13.1. The highest BCUT2D eigenvalue weighted by Crippen LogP contribution is 2.26. The first-order valence-electron chi connectivity index (χ1n) is 13.0. The molecule has 3 heterocycles. The van der Waals surface area contributed by atoms with E-state index in [0.717, 1.165) is 25.9 Å². The topological polar surface area (TPSA) is 96.1 Å².